The van der Waals surface area contributed by atoms with Gasteiger partial charge in [-0.25, -0.2) is 4.79 Å². The van der Waals surface area contributed by atoms with Crippen LogP contribution in [0.4, 0.5) is 4.79 Å². The number of nitrogens with zero attached hydrogens (tertiary/aromatic N) is 2. The molecule has 100 valence electrons. The van der Waals surface area contributed by atoms with Crippen LogP contribution in [0.15, 0.2) is 0 Å². The summed E-state index contributed by atoms with van der Waals surface area (Å²) in [5.41, 5.74) is -0.527. The number of ketones is 1. The van der Waals surface area contributed by atoms with Crippen LogP contribution in [0.1, 0.15) is 40.0 Å². The molecule has 5 nitrogen and oxygen atoms in total. The van der Waals surface area contributed by atoms with Crippen molar-refractivity contribution in [3.05, 3.63) is 0 Å². The highest BCUT2D eigenvalue weighted by Gasteiger charge is 2.30. The molecule has 0 aromatic carbocycles. The Balaban J connectivity index is 2.56. The number of likely N-dealkylation sites (tertiary alicyclic amines) is 1. The number of amides is 1. The van der Waals surface area contributed by atoms with Crippen molar-refractivity contribution in [2.75, 3.05) is 13.1 Å². The Kier molecular flexibility index (Phi) is 4.71. The molecule has 0 unspecified atom stereocenters. The van der Waals surface area contributed by atoms with Crippen LogP contribution in [0.5, 0.6) is 0 Å². The number of nitriles is 1. The molecule has 0 aromatic rings. The van der Waals surface area contributed by atoms with Gasteiger partial charge in [0.15, 0.2) is 5.78 Å². The molecular formula is C13H20N2O3. The van der Waals surface area contributed by atoms with Gasteiger partial charge >= 0.3 is 6.09 Å². The predicted molar refractivity (Wildman–Crippen MR) is 65.8 cm³/mol. The zero-order chi connectivity index (χ0) is 13.8. The Morgan fingerprint density at radius 1 is 1.44 bits per heavy atom. The van der Waals surface area contributed by atoms with E-state index in [1.165, 1.54) is 0 Å². The lowest BCUT2D eigenvalue weighted by atomic mass is 9.93. The summed E-state index contributed by atoms with van der Waals surface area (Å²) in [5.74, 6) is -0.295. The molecule has 1 fully saturated rings. The maximum Gasteiger partial charge on any atom is 0.410 e. The highest BCUT2D eigenvalue weighted by Crippen LogP contribution is 2.20. The average molecular weight is 252 g/mol. The first kappa shape index (κ1) is 14.5. The minimum absolute atomic E-state index is 0.0766. The van der Waals surface area contributed by atoms with E-state index < -0.39 is 5.60 Å². The van der Waals surface area contributed by atoms with Gasteiger partial charge in [-0.15, -0.1) is 0 Å². The quantitative estimate of drug-likeness (QED) is 0.754. The molecule has 1 saturated heterocycles. The number of piperidine rings is 1. The molecule has 1 heterocycles. The van der Waals surface area contributed by atoms with Crippen LogP contribution < -0.4 is 0 Å². The zero-order valence-electron chi connectivity index (χ0n) is 11.2. The molecular weight excluding hydrogens is 232 g/mol. The molecule has 18 heavy (non-hydrogen) atoms. The van der Waals surface area contributed by atoms with Crippen LogP contribution >= 0.6 is 0 Å². The van der Waals surface area contributed by atoms with Gasteiger partial charge in [0.2, 0.25) is 0 Å². The van der Waals surface area contributed by atoms with Crippen LogP contribution in [-0.2, 0) is 9.53 Å². The summed E-state index contributed by atoms with van der Waals surface area (Å²) in [7, 11) is 0. The van der Waals surface area contributed by atoms with E-state index in [0.29, 0.717) is 13.1 Å². The van der Waals surface area contributed by atoms with E-state index in [1.54, 1.807) is 4.90 Å². The molecule has 0 aromatic heterocycles. The predicted octanol–water partition coefficient (Wildman–Crippen LogP) is 2.12. The number of rotatable bonds is 2. The lowest BCUT2D eigenvalue weighted by Crippen LogP contribution is -2.44. The van der Waals surface area contributed by atoms with Crippen LogP contribution in [0.3, 0.4) is 0 Å². The summed E-state index contributed by atoms with van der Waals surface area (Å²) in [4.78, 5) is 25.1. The topological polar surface area (TPSA) is 70.4 Å². The Hall–Kier alpha value is -1.57. The van der Waals surface area contributed by atoms with Crippen molar-refractivity contribution in [2.45, 2.75) is 45.6 Å². The summed E-state index contributed by atoms with van der Waals surface area (Å²) in [5, 5.41) is 8.52. The SMILES string of the molecule is CC(C)(C)OC(=O)N1CCC[C@@H](C(=O)CC#N)C1. The third kappa shape index (κ3) is 4.36. The van der Waals surface area contributed by atoms with Gasteiger partial charge in [-0.2, -0.15) is 5.26 Å². The second-order valence-electron chi connectivity index (χ2n) is 5.57. The van der Waals surface area contributed by atoms with Gasteiger partial charge in [-0.1, -0.05) is 0 Å². The lowest BCUT2D eigenvalue weighted by molar-refractivity contribution is -0.123. The molecule has 1 rings (SSSR count). The highest BCUT2D eigenvalue weighted by atomic mass is 16.6. The molecule has 0 radical (unpaired) electrons. The van der Waals surface area contributed by atoms with Crippen molar-refractivity contribution >= 4 is 11.9 Å². The van der Waals surface area contributed by atoms with Gasteiger partial charge in [0.1, 0.15) is 5.60 Å². The Morgan fingerprint density at radius 3 is 2.67 bits per heavy atom. The zero-order valence-corrected chi connectivity index (χ0v) is 11.2. The van der Waals surface area contributed by atoms with Gasteiger partial charge in [-0.05, 0) is 33.6 Å². The molecule has 5 heteroatoms. The number of carbonyl (C=O) groups excluding carboxylic acids is 2. The minimum atomic E-state index is -0.527. The summed E-state index contributed by atoms with van der Waals surface area (Å²) >= 11 is 0. The molecule has 0 spiro atoms. The summed E-state index contributed by atoms with van der Waals surface area (Å²) in [6.07, 6.45) is 1.07. The normalized spacial score (nSPS) is 20.1. The number of carbonyl (C=O) groups is 2. The Bertz CT molecular complexity index is 365. The van der Waals surface area contributed by atoms with Crippen molar-refractivity contribution in [1.82, 2.24) is 4.90 Å². The molecule has 0 bridgehead atoms. The van der Waals surface area contributed by atoms with Gasteiger partial charge in [0, 0.05) is 19.0 Å². The molecule has 1 atom stereocenters. The summed E-state index contributed by atoms with van der Waals surface area (Å²) in [6, 6.07) is 1.86. The minimum Gasteiger partial charge on any atom is -0.444 e. The van der Waals surface area contributed by atoms with Crippen LogP contribution in [0.25, 0.3) is 0 Å². The van der Waals surface area contributed by atoms with E-state index in [2.05, 4.69) is 0 Å². The lowest BCUT2D eigenvalue weighted by Gasteiger charge is -2.33. The van der Waals surface area contributed by atoms with E-state index >= 15 is 0 Å². The number of ether oxygens (including phenoxy) is 1. The smallest absolute Gasteiger partial charge is 0.410 e. The van der Waals surface area contributed by atoms with E-state index in [4.69, 9.17) is 10.00 Å². The van der Waals surface area contributed by atoms with Gasteiger partial charge < -0.3 is 9.64 Å². The maximum atomic E-state index is 11.9. The molecule has 0 aliphatic carbocycles. The summed E-state index contributed by atoms with van der Waals surface area (Å²) < 4.78 is 5.28. The third-order valence-corrected chi connectivity index (χ3v) is 2.78. The van der Waals surface area contributed by atoms with Crippen LogP contribution in [-0.4, -0.2) is 35.5 Å². The van der Waals surface area contributed by atoms with E-state index in [1.807, 2.05) is 26.8 Å². The summed E-state index contributed by atoms with van der Waals surface area (Å²) in [6.45, 7) is 6.42. The average Bonchev–Trinajstić information content (AvgIpc) is 2.27. The fraction of sp³-hybridized carbons (Fsp3) is 0.769. The number of Topliss-reactive ketones (excluding diaryl/α,β-unsaturated/α-hetero) is 1. The molecule has 1 amide bonds. The fourth-order valence-corrected chi connectivity index (χ4v) is 1.95. The van der Waals surface area contributed by atoms with Crippen LogP contribution in [0.2, 0.25) is 0 Å². The maximum absolute atomic E-state index is 11.9. The van der Waals surface area contributed by atoms with Gasteiger partial charge in [-0.3, -0.25) is 4.79 Å². The fourth-order valence-electron chi connectivity index (χ4n) is 1.95. The monoisotopic (exact) mass is 252 g/mol. The Labute approximate surface area is 108 Å². The first-order chi connectivity index (χ1) is 8.33. The second-order valence-corrected chi connectivity index (χ2v) is 5.57. The van der Waals surface area contributed by atoms with Crippen LogP contribution in [0, 0.1) is 17.2 Å². The van der Waals surface area contributed by atoms with Gasteiger partial charge in [0.05, 0.1) is 12.5 Å². The standard InChI is InChI=1S/C13H20N2O3/c1-13(2,3)18-12(17)15-8-4-5-10(9-15)11(16)6-7-14/h10H,4-6,8-9H2,1-3H3/t10-/m1/s1. The molecule has 1 aliphatic heterocycles. The first-order valence-corrected chi connectivity index (χ1v) is 6.21. The number of hydrogen-bond donors (Lipinski definition) is 0. The molecule has 0 N–H and O–H groups in total. The Morgan fingerprint density at radius 2 is 2.11 bits per heavy atom. The van der Waals surface area contributed by atoms with Crippen molar-refractivity contribution in [3.63, 3.8) is 0 Å². The second kappa shape index (κ2) is 5.85. The van der Waals surface area contributed by atoms with Crippen molar-refractivity contribution in [2.24, 2.45) is 5.92 Å². The molecule has 0 saturated carbocycles. The van der Waals surface area contributed by atoms with E-state index in [9.17, 15) is 9.59 Å². The van der Waals surface area contributed by atoms with Crippen molar-refractivity contribution in [3.8, 4) is 6.07 Å². The largest absolute Gasteiger partial charge is 0.444 e. The third-order valence-electron chi connectivity index (χ3n) is 2.78. The van der Waals surface area contributed by atoms with E-state index in [0.717, 1.165) is 12.8 Å². The highest BCUT2D eigenvalue weighted by molar-refractivity contribution is 5.83. The van der Waals surface area contributed by atoms with Crippen molar-refractivity contribution < 1.29 is 14.3 Å². The number of hydrogen-bond acceptors (Lipinski definition) is 4. The molecule has 1 aliphatic rings. The van der Waals surface area contributed by atoms with Crippen molar-refractivity contribution in [1.29, 1.82) is 5.26 Å². The van der Waals surface area contributed by atoms with E-state index in [-0.39, 0.29) is 24.2 Å². The van der Waals surface area contributed by atoms with Gasteiger partial charge in [0.25, 0.3) is 0 Å². The first-order valence-electron chi connectivity index (χ1n) is 6.21.